The summed E-state index contributed by atoms with van der Waals surface area (Å²) in [6.07, 6.45) is 4.60. The van der Waals surface area contributed by atoms with Gasteiger partial charge in [-0.3, -0.25) is 0 Å². The fourth-order valence-electron chi connectivity index (χ4n) is 2.17. The molecule has 16 heavy (non-hydrogen) atoms. The van der Waals surface area contributed by atoms with Crippen LogP contribution in [0.25, 0.3) is 0 Å². The topological polar surface area (TPSA) is 23.5 Å². The first-order chi connectivity index (χ1) is 7.66. The first-order valence-electron chi connectivity index (χ1n) is 6.12. The van der Waals surface area contributed by atoms with E-state index in [0.29, 0.717) is 0 Å². The predicted molar refractivity (Wildman–Crippen MR) is 67.7 cm³/mol. The van der Waals surface area contributed by atoms with Crippen LogP contribution in [0.1, 0.15) is 37.4 Å². The minimum absolute atomic E-state index is 0.276. The van der Waals surface area contributed by atoms with E-state index in [9.17, 15) is 5.11 Å². The first kappa shape index (κ1) is 11.5. The molecule has 1 saturated carbocycles. The smallest absolute Gasteiger partial charge is 0.0792 e. The molecule has 0 saturated heterocycles. The molecule has 0 amide bonds. The van der Waals surface area contributed by atoms with Crippen LogP contribution >= 0.6 is 0 Å². The van der Waals surface area contributed by atoms with Crippen LogP contribution in [0.3, 0.4) is 0 Å². The Labute approximate surface area is 97.9 Å². The van der Waals surface area contributed by atoms with Gasteiger partial charge in [-0.25, -0.2) is 0 Å². The zero-order valence-electron chi connectivity index (χ0n) is 10.2. The highest BCUT2D eigenvalue weighted by Gasteiger charge is 2.21. The Morgan fingerprint density at radius 3 is 2.31 bits per heavy atom. The molecule has 0 bridgehead atoms. The van der Waals surface area contributed by atoms with Crippen molar-refractivity contribution in [2.75, 3.05) is 19.0 Å². The maximum absolute atomic E-state index is 10.1. The number of hydrogen-bond acceptors (Lipinski definition) is 2. The molecule has 0 radical (unpaired) electrons. The molecule has 1 aliphatic carbocycles. The van der Waals surface area contributed by atoms with Gasteiger partial charge in [0.25, 0.3) is 0 Å². The molecule has 2 rings (SSSR count). The number of hydrogen-bond donors (Lipinski definition) is 1. The van der Waals surface area contributed by atoms with Crippen LogP contribution in [0.5, 0.6) is 0 Å². The van der Waals surface area contributed by atoms with Gasteiger partial charge in [-0.1, -0.05) is 31.4 Å². The Morgan fingerprint density at radius 2 is 1.88 bits per heavy atom. The van der Waals surface area contributed by atoms with E-state index in [1.807, 2.05) is 26.2 Å². The lowest BCUT2D eigenvalue weighted by atomic mass is 9.80. The van der Waals surface area contributed by atoms with Gasteiger partial charge in [0.1, 0.15) is 0 Å². The number of aliphatic hydroxyl groups is 1. The van der Waals surface area contributed by atoms with Gasteiger partial charge in [-0.2, -0.15) is 0 Å². The number of rotatable bonds is 4. The van der Waals surface area contributed by atoms with Crippen LogP contribution in [-0.4, -0.2) is 19.2 Å². The molecule has 0 aromatic heterocycles. The van der Waals surface area contributed by atoms with Crippen LogP contribution in [0, 0.1) is 5.92 Å². The molecular weight excluding hydrogens is 198 g/mol. The summed E-state index contributed by atoms with van der Waals surface area (Å²) < 4.78 is 0. The van der Waals surface area contributed by atoms with Gasteiger partial charge in [0.2, 0.25) is 0 Å². The number of nitrogens with zero attached hydrogens (tertiary/aromatic N) is 1. The Bertz CT molecular complexity index is 327. The summed E-state index contributed by atoms with van der Waals surface area (Å²) in [6, 6.07) is 8.22. The van der Waals surface area contributed by atoms with Gasteiger partial charge in [0.15, 0.2) is 0 Å². The van der Waals surface area contributed by atoms with E-state index in [1.165, 1.54) is 24.9 Å². The van der Waals surface area contributed by atoms with Crippen molar-refractivity contribution in [3.63, 3.8) is 0 Å². The van der Waals surface area contributed by atoms with Crippen molar-refractivity contribution < 1.29 is 5.11 Å². The van der Waals surface area contributed by atoms with Crippen molar-refractivity contribution >= 4 is 5.69 Å². The SMILES string of the molecule is CN(C)c1ccc(C(O)CC2CCC2)cc1. The van der Waals surface area contributed by atoms with E-state index in [4.69, 9.17) is 0 Å². The number of anilines is 1. The van der Waals surface area contributed by atoms with Crippen LogP contribution < -0.4 is 4.90 Å². The lowest BCUT2D eigenvalue weighted by Gasteiger charge is -2.27. The van der Waals surface area contributed by atoms with Gasteiger partial charge in [0, 0.05) is 19.8 Å². The first-order valence-corrected chi connectivity index (χ1v) is 6.12. The zero-order valence-corrected chi connectivity index (χ0v) is 10.2. The van der Waals surface area contributed by atoms with Crippen molar-refractivity contribution in [2.45, 2.75) is 31.8 Å². The minimum Gasteiger partial charge on any atom is -0.388 e. The highest BCUT2D eigenvalue weighted by molar-refractivity contribution is 5.46. The lowest BCUT2D eigenvalue weighted by molar-refractivity contribution is 0.118. The lowest BCUT2D eigenvalue weighted by Crippen LogP contribution is -2.15. The standard InChI is InChI=1S/C14H21NO/c1-15(2)13-8-6-12(7-9-13)14(16)10-11-4-3-5-11/h6-9,11,14,16H,3-5,10H2,1-2H3. The van der Waals surface area contributed by atoms with Crippen molar-refractivity contribution in [1.82, 2.24) is 0 Å². The Hall–Kier alpha value is -1.02. The average Bonchev–Trinajstić information content (AvgIpc) is 2.23. The Balaban J connectivity index is 1.97. The highest BCUT2D eigenvalue weighted by atomic mass is 16.3. The molecule has 88 valence electrons. The monoisotopic (exact) mass is 219 g/mol. The number of aliphatic hydroxyl groups excluding tert-OH is 1. The Morgan fingerprint density at radius 1 is 1.25 bits per heavy atom. The van der Waals surface area contributed by atoms with Gasteiger partial charge in [-0.15, -0.1) is 0 Å². The van der Waals surface area contributed by atoms with E-state index < -0.39 is 0 Å². The third-order valence-electron chi connectivity index (χ3n) is 3.58. The second-order valence-corrected chi connectivity index (χ2v) is 5.03. The molecule has 0 aliphatic heterocycles. The van der Waals surface area contributed by atoms with Crippen LogP contribution in [0.4, 0.5) is 5.69 Å². The summed E-state index contributed by atoms with van der Waals surface area (Å²) in [4.78, 5) is 2.07. The maximum atomic E-state index is 10.1. The van der Waals surface area contributed by atoms with Gasteiger partial charge >= 0.3 is 0 Å². The minimum atomic E-state index is -0.276. The van der Waals surface area contributed by atoms with Crippen molar-refractivity contribution in [2.24, 2.45) is 5.92 Å². The van der Waals surface area contributed by atoms with Gasteiger partial charge < -0.3 is 10.0 Å². The van der Waals surface area contributed by atoms with Crippen molar-refractivity contribution in [1.29, 1.82) is 0 Å². The molecule has 2 nitrogen and oxygen atoms in total. The van der Waals surface area contributed by atoms with E-state index in [1.54, 1.807) is 0 Å². The summed E-state index contributed by atoms with van der Waals surface area (Å²) in [6.45, 7) is 0. The fraction of sp³-hybridized carbons (Fsp3) is 0.571. The molecule has 1 aliphatic rings. The largest absolute Gasteiger partial charge is 0.388 e. The van der Waals surface area contributed by atoms with Crippen LogP contribution in [0.2, 0.25) is 0 Å². The summed E-state index contributed by atoms with van der Waals surface area (Å²) in [5.74, 6) is 0.753. The molecule has 0 spiro atoms. The Kier molecular flexibility index (Phi) is 3.49. The summed E-state index contributed by atoms with van der Waals surface area (Å²) in [7, 11) is 4.06. The van der Waals surface area contributed by atoms with E-state index >= 15 is 0 Å². The third kappa shape index (κ3) is 2.56. The van der Waals surface area contributed by atoms with Gasteiger partial charge in [-0.05, 0) is 30.0 Å². The molecule has 1 aromatic rings. The van der Waals surface area contributed by atoms with E-state index in [0.717, 1.165) is 17.9 Å². The van der Waals surface area contributed by atoms with Crippen LogP contribution in [-0.2, 0) is 0 Å². The molecule has 1 unspecified atom stereocenters. The normalized spacial score (nSPS) is 17.9. The van der Waals surface area contributed by atoms with E-state index in [-0.39, 0.29) is 6.10 Å². The molecule has 1 N–H and O–H groups in total. The van der Waals surface area contributed by atoms with Crippen LogP contribution in [0.15, 0.2) is 24.3 Å². The van der Waals surface area contributed by atoms with Crippen molar-refractivity contribution in [3.8, 4) is 0 Å². The van der Waals surface area contributed by atoms with Gasteiger partial charge in [0.05, 0.1) is 6.10 Å². The molecule has 1 aromatic carbocycles. The fourth-order valence-corrected chi connectivity index (χ4v) is 2.17. The molecule has 1 fully saturated rings. The summed E-state index contributed by atoms with van der Waals surface area (Å²) in [5, 5.41) is 10.1. The second-order valence-electron chi connectivity index (χ2n) is 5.03. The second kappa shape index (κ2) is 4.88. The summed E-state index contributed by atoms with van der Waals surface area (Å²) in [5.41, 5.74) is 2.23. The quantitative estimate of drug-likeness (QED) is 0.841. The maximum Gasteiger partial charge on any atom is 0.0792 e. The molecule has 2 heteroatoms. The molecular formula is C14H21NO. The van der Waals surface area contributed by atoms with Crippen molar-refractivity contribution in [3.05, 3.63) is 29.8 Å². The predicted octanol–water partition coefficient (Wildman–Crippen LogP) is 2.98. The average molecular weight is 219 g/mol. The molecule has 1 atom stereocenters. The number of benzene rings is 1. The third-order valence-corrected chi connectivity index (χ3v) is 3.58. The summed E-state index contributed by atoms with van der Waals surface area (Å²) >= 11 is 0. The molecule has 0 heterocycles. The highest BCUT2D eigenvalue weighted by Crippen LogP contribution is 2.34. The zero-order chi connectivity index (χ0) is 11.5. The van der Waals surface area contributed by atoms with E-state index in [2.05, 4.69) is 17.0 Å².